The van der Waals surface area contributed by atoms with Gasteiger partial charge in [0, 0.05) is 25.8 Å². The lowest BCUT2D eigenvalue weighted by Crippen LogP contribution is -2.31. The summed E-state index contributed by atoms with van der Waals surface area (Å²) < 4.78 is 0. The van der Waals surface area contributed by atoms with Crippen LogP contribution in [0.1, 0.15) is 26.3 Å². The van der Waals surface area contributed by atoms with E-state index < -0.39 is 0 Å². The van der Waals surface area contributed by atoms with Gasteiger partial charge in [0.1, 0.15) is 0 Å². The lowest BCUT2D eigenvalue weighted by atomic mass is 10.1. The Morgan fingerprint density at radius 3 is 2.12 bits per heavy atom. The summed E-state index contributed by atoms with van der Waals surface area (Å²) in [5.41, 5.74) is 2.66. The molecule has 1 unspecified atom stereocenters. The van der Waals surface area contributed by atoms with E-state index in [1.54, 1.807) is 0 Å². The van der Waals surface area contributed by atoms with Gasteiger partial charge in [-0.3, -0.25) is 0 Å². The summed E-state index contributed by atoms with van der Waals surface area (Å²) in [6, 6.07) is 9.36. The molecule has 0 aliphatic carbocycles. The van der Waals surface area contributed by atoms with E-state index in [-0.39, 0.29) is 0 Å². The van der Waals surface area contributed by atoms with Crippen molar-refractivity contribution in [3.63, 3.8) is 0 Å². The van der Waals surface area contributed by atoms with Crippen LogP contribution in [0.2, 0.25) is 0 Å². The first-order valence-corrected chi connectivity index (χ1v) is 6.48. The van der Waals surface area contributed by atoms with Crippen LogP contribution in [0, 0.1) is 5.92 Å². The second-order valence-electron chi connectivity index (χ2n) is 5.47. The highest BCUT2D eigenvalue weighted by molar-refractivity contribution is 5.46. The Morgan fingerprint density at radius 2 is 1.65 bits per heavy atom. The molecule has 1 aromatic carbocycles. The Balaban J connectivity index is 2.45. The maximum atomic E-state index is 3.56. The molecule has 0 spiro atoms. The molecule has 1 atom stereocenters. The number of rotatable bonds is 6. The molecule has 2 heteroatoms. The first-order valence-electron chi connectivity index (χ1n) is 6.48. The molecule has 0 bridgehead atoms. The number of hydrogen-bond donors (Lipinski definition) is 1. The lowest BCUT2D eigenvalue weighted by molar-refractivity contribution is 0.482. The number of hydrogen-bond acceptors (Lipinski definition) is 2. The van der Waals surface area contributed by atoms with E-state index in [0.29, 0.717) is 12.0 Å². The quantitative estimate of drug-likeness (QED) is 0.814. The van der Waals surface area contributed by atoms with Gasteiger partial charge in [0.25, 0.3) is 0 Å². The SMILES string of the molecule is CC(C)CNC(C)Cc1ccc(N(C)C)cc1. The summed E-state index contributed by atoms with van der Waals surface area (Å²) in [7, 11) is 4.14. The van der Waals surface area contributed by atoms with Gasteiger partial charge < -0.3 is 10.2 Å². The van der Waals surface area contributed by atoms with E-state index in [1.165, 1.54) is 11.3 Å². The van der Waals surface area contributed by atoms with Crippen molar-refractivity contribution in [2.75, 3.05) is 25.5 Å². The molecular formula is C15H26N2. The predicted molar refractivity (Wildman–Crippen MR) is 76.8 cm³/mol. The van der Waals surface area contributed by atoms with Gasteiger partial charge in [-0.05, 0) is 43.5 Å². The average molecular weight is 234 g/mol. The standard InChI is InChI=1S/C15H26N2/c1-12(2)11-16-13(3)10-14-6-8-15(9-7-14)17(4)5/h6-9,12-13,16H,10-11H2,1-5H3. The molecule has 1 N–H and O–H groups in total. The van der Waals surface area contributed by atoms with Gasteiger partial charge in [0.05, 0.1) is 0 Å². The molecule has 17 heavy (non-hydrogen) atoms. The van der Waals surface area contributed by atoms with Gasteiger partial charge in [-0.15, -0.1) is 0 Å². The molecule has 96 valence electrons. The third-order valence-electron chi connectivity index (χ3n) is 2.87. The van der Waals surface area contributed by atoms with Gasteiger partial charge in [-0.2, -0.15) is 0 Å². The minimum Gasteiger partial charge on any atom is -0.378 e. The van der Waals surface area contributed by atoms with Crippen LogP contribution in [0.5, 0.6) is 0 Å². The van der Waals surface area contributed by atoms with Crippen LogP contribution in [0.4, 0.5) is 5.69 Å². The van der Waals surface area contributed by atoms with Gasteiger partial charge in [-0.1, -0.05) is 26.0 Å². The minimum absolute atomic E-state index is 0.544. The van der Waals surface area contributed by atoms with Gasteiger partial charge in [-0.25, -0.2) is 0 Å². The molecular weight excluding hydrogens is 208 g/mol. The zero-order valence-electron chi connectivity index (χ0n) is 11.8. The second-order valence-corrected chi connectivity index (χ2v) is 5.47. The Morgan fingerprint density at radius 1 is 1.06 bits per heavy atom. The summed E-state index contributed by atoms with van der Waals surface area (Å²) in [5.74, 6) is 0.716. The fraction of sp³-hybridized carbons (Fsp3) is 0.600. The number of benzene rings is 1. The number of anilines is 1. The molecule has 1 aromatic rings. The lowest BCUT2D eigenvalue weighted by Gasteiger charge is -2.17. The highest BCUT2D eigenvalue weighted by Crippen LogP contribution is 2.13. The van der Waals surface area contributed by atoms with Crippen LogP contribution in [-0.4, -0.2) is 26.7 Å². The third kappa shape index (κ3) is 5.22. The van der Waals surface area contributed by atoms with Crippen LogP contribution in [-0.2, 0) is 6.42 Å². The Labute approximate surface area is 106 Å². The number of nitrogens with one attached hydrogen (secondary N) is 1. The molecule has 0 amide bonds. The molecule has 2 nitrogen and oxygen atoms in total. The largest absolute Gasteiger partial charge is 0.378 e. The monoisotopic (exact) mass is 234 g/mol. The summed E-state index contributed by atoms with van der Waals surface area (Å²) in [5, 5.41) is 3.56. The molecule has 0 fully saturated rings. The minimum atomic E-state index is 0.544. The van der Waals surface area contributed by atoms with Crippen LogP contribution in [0.25, 0.3) is 0 Å². The molecule has 0 saturated carbocycles. The van der Waals surface area contributed by atoms with Crippen molar-refractivity contribution in [2.24, 2.45) is 5.92 Å². The van der Waals surface area contributed by atoms with E-state index in [1.807, 2.05) is 0 Å². The van der Waals surface area contributed by atoms with E-state index in [4.69, 9.17) is 0 Å². The van der Waals surface area contributed by atoms with Gasteiger partial charge in [0.15, 0.2) is 0 Å². The molecule has 0 aromatic heterocycles. The maximum Gasteiger partial charge on any atom is 0.0361 e. The van der Waals surface area contributed by atoms with Crippen molar-refractivity contribution < 1.29 is 0 Å². The van der Waals surface area contributed by atoms with Crippen molar-refractivity contribution in [1.82, 2.24) is 5.32 Å². The fourth-order valence-electron chi connectivity index (χ4n) is 1.79. The number of nitrogens with zero attached hydrogens (tertiary/aromatic N) is 1. The first kappa shape index (κ1) is 14.0. The highest BCUT2D eigenvalue weighted by Gasteiger charge is 2.04. The van der Waals surface area contributed by atoms with Crippen molar-refractivity contribution >= 4 is 5.69 Å². The van der Waals surface area contributed by atoms with Gasteiger partial charge in [0.2, 0.25) is 0 Å². The van der Waals surface area contributed by atoms with Crippen LogP contribution >= 0.6 is 0 Å². The Kier molecular flexibility index (Phi) is 5.49. The van der Waals surface area contributed by atoms with E-state index >= 15 is 0 Å². The summed E-state index contributed by atoms with van der Waals surface area (Å²) in [6.45, 7) is 7.83. The fourth-order valence-corrected chi connectivity index (χ4v) is 1.79. The van der Waals surface area contributed by atoms with E-state index in [9.17, 15) is 0 Å². The molecule has 0 saturated heterocycles. The van der Waals surface area contributed by atoms with Crippen LogP contribution < -0.4 is 10.2 Å². The highest BCUT2D eigenvalue weighted by atomic mass is 15.1. The van der Waals surface area contributed by atoms with Crippen molar-refractivity contribution in [3.05, 3.63) is 29.8 Å². The third-order valence-corrected chi connectivity index (χ3v) is 2.87. The molecule has 0 radical (unpaired) electrons. The van der Waals surface area contributed by atoms with Crippen molar-refractivity contribution in [2.45, 2.75) is 33.2 Å². The predicted octanol–water partition coefficient (Wildman–Crippen LogP) is 2.93. The molecule has 0 heterocycles. The second kappa shape index (κ2) is 6.65. The van der Waals surface area contributed by atoms with Crippen molar-refractivity contribution in [3.8, 4) is 0 Å². The Bertz CT molecular complexity index is 314. The summed E-state index contributed by atoms with van der Waals surface area (Å²) in [4.78, 5) is 2.13. The van der Waals surface area contributed by atoms with E-state index in [0.717, 1.165) is 13.0 Å². The zero-order chi connectivity index (χ0) is 12.8. The van der Waals surface area contributed by atoms with Crippen LogP contribution in [0.3, 0.4) is 0 Å². The maximum absolute atomic E-state index is 3.56. The summed E-state index contributed by atoms with van der Waals surface area (Å²) >= 11 is 0. The van der Waals surface area contributed by atoms with Crippen LogP contribution in [0.15, 0.2) is 24.3 Å². The molecule has 1 rings (SSSR count). The molecule has 0 aliphatic heterocycles. The molecule has 0 aliphatic rings. The smallest absolute Gasteiger partial charge is 0.0361 e. The first-order chi connectivity index (χ1) is 7.99. The summed E-state index contributed by atoms with van der Waals surface area (Å²) in [6.07, 6.45) is 1.10. The topological polar surface area (TPSA) is 15.3 Å². The normalized spacial score (nSPS) is 12.8. The van der Waals surface area contributed by atoms with E-state index in [2.05, 4.69) is 69.3 Å². The zero-order valence-corrected chi connectivity index (χ0v) is 11.8. The van der Waals surface area contributed by atoms with Gasteiger partial charge >= 0.3 is 0 Å². The van der Waals surface area contributed by atoms with Crippen molar-refractivity contribution in [1.29, 1.82) is 0 Å². The Hall–Kier alpha value is -1.02. The average Bonchev–Trinajstić information content (AvgIpc) is 2.27.